The molecule has 4 N–H and O–H groups in total. The van der Waals surface area contributed by atoms with Crippen LogP contribution in [0.4, 0.5) is 5.69 Å². The summed E-state index contributed by atoms with van der Waals surface area (Å²) >= 11 is 0. The molecule has 0 unspecified atom stereocenters. The highest BCUT2D eigenvalue weighted by Crippen LogP contribution is 2.19. The second-order valence-electron chi connectivity index (χ2n) is 4.31. The van der Waals surface area contributed by atoms with Crippen molar-refractivity contribution < 1.29 is 22.8 Å². The zero-order valence-corrected chi connectivity index (χ0v) is 11.8. The Morgan fingerprint density at radius 3 is 2.71 bits per heavy atom. The molecule has 1 aromatic heterocycles. The van der Waals surface area contributed by atoms with Crippen LogP contribution < -0.4 is 10.5 Å². The van der Waals surface area contributed by atoms with Crippen molar-refractivity contribution in [3.63, 3.8) is 0 Å². The Hall–Kier alpha value is -2.39. The molecule has 2 rings (SSSR count). The number of sulfonamides is 1. The van der Waals surface area contributed by atoms with E-state index in [9.17, 15) is 13.2 Å². The maximum Gasteiger partial charge on any atom is 0.337 e. The lowest BCUT2D eigenvalue weighted by atomic mass is 10.2. The van der Waals surface area contributed by atoms with E-state index in [0.717, 1.165) is 12.1 Å². The van der Waals surface area contributed by atoms with Gasteiger partial charge < -0.3 is 15.4 Å². The van der Waals surface area contributed by atoms with Crippen molar-refractivity contribution in [3.05, 3.63) is 41.3 Å². The summed E-state index contributed by atoms with van der Waals surface area (Å²) in [5, 5.41) is 12.7. The number of aromatic nitrogens is 1. The van der Waals surface area contributed by atoms with Crippen molar-refractivity contribution in [2.45, 2.75) is 18.4 Å². The molecule has 0 saturated heterocycles. The molecule has 1 aromatic carbocycles. The summed E-state index contributed by atoms with van der Waals surface area (Å²) in [4.78, 5) is 10.7. The first-order valence-electron chi connectivity index (χ1n) is 5.84. The fourth-order valence-corrected chi connectivity index (χ4v) is 2.92. The molecule has 0 radical (unpaired) electrons. The molecule has 0 fully saturated rings. The van der Waals surface area contributed by atoms with Crippen LogP contribution in [0, 0.1) is 6.92 Å². The van der Waals surface area contributed by atoms with Crippen molar-refractivity contribution in [2.24, 2.45) is 0 Å². The normalized spacial score (nSPS) is 11.5. The van der Waals surface area contributed by atoms with Crippen LogP contribution in [0.15, 0.2) is 33.7 Å². The van der Waals surface area contributed by atoms with Gasteiger partial charge in [-0.1, -0.05) is 5.16 Å². The van der Waals surface area contributed by atoms with E-state index in [-0.39, 0.29) is 17.8 Å². The average molecular weight is 311 g/mol. The Bertz CT molecular complexity index is 782. The Morgan fingerprint density at radius 2 is 2.14 bits per heavy atom. The van der Waals surface area contributed by atoms with Gasteiger partial charge in [-0.25, -0.2) is 17.9 Å². The lowest BCUT2D eigenvalue weighted by Crippen LogP contribution is -2.25. The topological polar surface area (TPSA) is 136 Å². The minimum atomic E-state index is -4.04. The van der Waals surface area contributed by atoms with Crippen LogP contribution in [0.3, 0.4) is 0 Å². The Balaban J connectivity index is 2.31. The number of aryl methyl sites for hydroxylation is 1. The molecule has 0 aliphatic rings. The Labute approximate surface area is 120 Å². The molecule has 0 aliphatic carbocycles. The molecular weight excluding hydrogens is 298 g/mol. The maximum absolute atomic E-state index is 12.2. The van der Waals surface area contributed by atoms with Crippen molar-refractivity contribution in [2.75, 3.05) is 5.73 Å². The first-order valence-corrected chi connectivity index (χ1v) is 7.32. The summed E-state index contributed by atoms with van der Waals surface area (Å²) in [6, 6.07) is 5.13. The standard InChI is InChI=1S/C12H13N3O5S/c1-7-4-9(15-20-7)6-14-21(18,19)11-5-8(13)2-3-10(11)12(16)17/h2-5,14H,6,13H2,1H3,(H,16,17). The van der Waals surface area contributed by atoms with Gasteiger partial charge in [0.05, 0.1) is 22.7 Å². The summed E-state index contributed by atoms with van der Waals surface area (Å²) in [5.74, 6) is -0.813. The molecule has 0 spiro atoms. The Kier molecular flexibility index (Phi) is 3.96. The summed E-state index contributed by atoms with van der Waals surface area (Å²) in [5.41, 5.74) is 5.71. The molecule has 9 heteroatoms. The number of nitrogens with two attached hydrogens (primary N) is 1. The van der Waals surface area contributed by atoms with E-state index in [1.165, 1.54) is 6.07 Å². The minimum absolute atomic E-state index is 0.118. The van der Waals surface area contributed by atoms with Gasteiger partial charge in [0.25, 0.3) is 0 Å². The summed E-state index contributed by atoms with van der Waals surface area (Å²) in [7, 11) is -4.04. The highest BCUT2D eigenvalue weighted by molar-refractivity contribution is 7.89. The number of carboxylic acid groups (broad SMARTS) is 1. The third-order valence-electron chi connectivity index (χ3n) is 2.65. The van der Waals surface area contributed by atoms with Crippen molar-refractivity contribution in [1.29, 1.82) is 0 Å². The highest BCUT2D eigenvalue weighted by atomic mass is 32.2. The molecular formula is C12H13N3O5S. The van der Waals surface area contributed by atoms with E-state index >= 15 is 0 Å². The van der Waals surface area contributed by atoms with E-state index in [2.05, 4.69) is 9.88 Å². The summed E-state index contributed by atoms with van der Waals surface area (Å²) < 4.78 is 31.5. The number of hydrogen-bond donors (Lipinski definition) is 3. The van der Waals surface area contributed by atoms with Gasteiger partial charge >= 0.3 is 5.97 Å². The molecule has 0 aliphatic heterocycles. The third-order valence-corrected chi connectivity index (χ3v) is 4.09. The van der Waals surface area contributed by atoms with Crippen LogP contribution in [0.1, 0.15) is 21.8 Å². The number of benzene rings is 1. The molecule has 8 nitrogen and oxygen atoms in total. The smallest absolute Gasteiger partial charge is 0.337 e. The number of aromatic carboxylic acids is 1. The molecule has 1 heterocycles. The quantitative estimate of drug-likeness (QED) is 0.693. The zero-order chi connectivity index (χ0) is 15.6. The molecule has 21 heavy (non-hydrogen) atoms. The van der Waals surface area contributed by atoms with E-state index < -0.39 is 20.9 Å². The number of hydrogen-bond acceptors (Lipinski definition) is 6. The van der Waals surface area contributed by atoms with Gasteiger partial charge in [0, 0.05) is 11.8 Å². The van der Waals surface area contributed by atoms with E-state index in [1.54, 1.807) is 13.0 Å². The predicted molar refractivity (Wildman–Crippen MR) is 73.1 cm³/mol. The van der Waals surface area contributed by atoms with Crippen LogP contribution in [0.25, 0.3) is 0 Å². The van der Waals surface area contributed by atoms with E-state index in [0.29, 0.717) is 11.5 Å². The average Bonchev–Trinajstić information content (AvgIpc) is 2.82. The lowest BCUT2D eigenvalue weighted by molar-refractivity contribution is 0.0692. The lowest BCUT2D eigenvalue weighted by Gasteiger charge is -2.09. The number of carboxylic acids is 1. The van der Waals surface area contributed by atoms with Crippen molar-refractivity contribution in [3.8, 4) is 0 Å². The number of carbonyl (C=O) groups is 1. The van der Waals surface area contributed by atoms with Gasteiger partial charge in [-0.15, -0.1) is 0 Å². The van der Waals surface area contributed by atoms with Crippen LogP contribution in [-0.2, 0) is 16.6 Å². The maximum atomic E-state index is 12.2. The number of anilines is 1. The number of rotatable bonds is 5. The fraction of sp³-hybridized carbons (Fsp3) is 0.167. The van der Waals surface area contributed by atoms with Gasteiger partial charge in [-0.05, 0) is 25.1 Å². The van der Waals surface area contributed by atoms with Crippen LogP contribution >= 0.6 is 0 Å². The van der Waals surface area contributed by atoms with Crippen molar-refractivity contribution in [1.82, 2.24) is 9.88 Å². The van der Waals surface area contributed by atoms with Gasteiger partial charge in [-0.2, -0.15) is 0 Å². The van der Waals surface area contributed by atoms with Gasteiger partial charge in [-0.3, -0.25) is 0 Å². The second kappa shape index (κ2) is 5.54. The SMILES string of the molecule is Cc1cc(CNS(=O)(=O)c2cc(N)ccc2C(=O)O)no1. The molecule has 0 amide bonds. The predicted octanol–water partition coefficient (Wildman–Crippen LogP) is 0.742. The molecule has 0 atom stereocenters. The zero-order valence-electron chi connectivity index (χ0n) is 11.0. The van der Waals surface area contributed by atoms with Crippen molar-refractivity contribution >= 4 is 21.7 Å². The molecule has 112 valence electrons. The van der Waals surface area contributed by atoms with E-state index in [4.69, 9.17) is 15.4 Å². The second-order valence-corrected chi connectivity index (χ2v) is 6.05. The van der Waals surface area contributed by atoms with Gasteiger partial charge in [0.15, 0.2) is 0 Å². The minimum Gasteiger partial charge on any atom is -0.478 e. The first-order chi connectivity index (χ1) is 9.79. The number of nitrogens with one attached hydrogen (secondary N) is 1. The van der Waals surface area contributed by atoms with Crippen LogP contribution in [0.2, 0.25) is 0 Å². The summed E-state index contributed by atoms with van der Waals surface area (Å²) in [6.45, 7) is 1.55. The van der Waals surface area contributed by atoms with Crippen LogP contribution in [0.5, 0.6) is 0 Å². The number of nitrogen functional groups attached to an aromatic ring is 1. The molecule has 0 saturated carbocycles. The molecule has 0 bridgehead atoms. The first kappa shape index (κ1) is 15.0. The van der Waals surface area contributed by atoms with Gasteiger partial charge in [0.2, 0.25) is 10.0 Å². The summed E-state index contributed by atoms with van der Waals surface area (Å²) in [6.07, 6.45) is 0. The van der Waals surface area contributed by atoms with Gasteiger partial charge in [0.1, 0.15) is 5.76 Å². The highest BCUT2D eigenvalue weighted by Gasteiger charge is 2.22. The van der Waals surface area contributed by atoms with E-state index in [1.807, 2.05) is 0 Å². The third kappa shape index (κ3) is 3.38. The monoisotopic (exact) mass is 311 g/mol. The Morgan fingerprint density at radius 1 is 1.43 bits per heavy atom. The van der Waals surface area contributed by atoms with Crippen LogP contribution in [-0.4, -0.2) is 24.7 Å². The largest absolute Gasteiger partial charge is 0.478 e. The number of nitrogens with zero attached hydrogens (tertiary/aromatic N) is 1. The fourth-order valence-electron chi connectivity index (χ4n) is 1.69. The molecule has 2 aromatic rings.